The molecule has 2 saturated heterocycles. The van der Waals surface area contributed by atoms with Crippen molar-refractivity contribution in [1.82, 2.24) is 4.81 Å². The normalized spacial score (nSPS) is 43.2. The van der Waals surface area contributed by atoms with Crippen molar-refractivity contribution in [2.24, 2.45) is 5.16 Å². The van der Waals surface area contributed by atoms with Crippen molar-refractivity contribution in [2.45, 2.75) is 50.6 Å². The fourth-order valence-corrected chi connectivity index (χ4v) is 3.21. The van der Waals surface area contributed by atoms with Gasteiger partial charge >= 0.3 is 0 Å². The molecule has 2 heterocycles. The van der Waals surface area contributed by atoms with Gasteiger partial charge in [0.25, 0.3) is 7.41 Å². The first-order valence-electron chi connectivity index (χ1n) is 5.32. The molecule has 0 amide bonds. The molecule has 0 aliphatic carbocycles. The Balaban J connectivity index is 2.32. The van der Waals surface area contributed by atoms with Crippen LogP contribution in [0.4, 0.5) is 0 Å². The van der Waals surface area contributed by atoms with Crippen LogP contribution in [0.15, 0.2) is 5.16 Å². The number of piperidine rings is 1. The molecule has 0 saturated carbocycles. The Morgan fingerprint density at radius 3 is 2.33 bits per heavy atom. The molecule has 15 heavy (non-hydrogen) atoms. The van der Waals surface area contributed by atoms with E-state index >= 15 is 0 Å². The van der Waals surface area contributed by atoms with Gasteiger partial charge in [0.15, 0.2) is 0 Å². The molecule has 0 aromatic heterocycles. The van der Waals surface area contributed by atoms with E-state index in [9.17, 15) is 4.79 Å². The second-order valence-corrected chi connectivity index (χ2v) is 5.17. The van der Waals surface area contributed by atoms with Crippen molar-refractivity contribution in [3.05, 3.63) is 0 Å². The third-order valence-electron chi connectivity index (χ3n) is 3.89. The summed E-state index contributed by atoms with van der Waals surface area (Å²) < 4.78 is 0. The fraction of sp³-hybridized carbons (Fsp3) is 0.800. The van der Waals surface area contributed by atoms with E-state index in [0.29, 0.717) is 0 Å². The van der Waals surface area contributed by atoms with E-state index in [1.54, 1.807) is 7.41 Å². The molecule has 2 rings (SSSR count). The maximum Gasteiger partial charge on any atom is 0.294 e. The molecular formula is C10H16BN2O2. The van der Waals surface area contributed by atoms with Crippen molar-refractivity contribution < 1.29 is 10.0 Å². The molecule has 0 unspecified atom stereocenters. The molecule has 1 N–H and O–H groups in total. The van der Waals surface area contributed by atoms with Crippen LogP contribution < -0.4 is 0 Å². The lowest BCUT2D eigenvalue weighted by Gasteiger charge is -2.47. The smallest absolute Gasteiger partial charge is 0.294 e. The van der Waals surface area contributed by atoms with Gasteiger partial charge in [-0.3, -0.25) is 0 Å². The molecule has 2 fully saturated rings. The molecule has 2 aliphatic rings. The van der Waals surface area contributed by atoms with Crippen LogP contribution in [0.3, 0.4) is 0 Å². The highest BCUT2D eigenvalue weighted by Crippen LogP contribution is 2.48. The van der Waals surface area contributed by atoms with Crippen molar-refractivity contribution in [1.29, 1.82) is 0 Å². The van der Waals surface area contributed by atoms with Gasteiger partial charge in [-0.25, -0.2) is 0 Å². The number of nitrogens with zero attached hydrogens (tertiary/aromatic N) is 2. The van der Waals surface area contributed by atoms with Crippen LogP contribution >= 0.6 is 0 Å². The van der Waals surface area contributed by atoms with Gasteiger partial charge in [-0.1, -0.05) is 5.16 Å². The highest BCUT2D eigenvalue weighted by Gasteiger charge is 2.53. The molecule has 0 spiro atoms. The first kappa shape index (κ1) is 10.7. The summed E-state index contributed by atoms with van der Waals surface area (Å²) in [6.07, 6.45) is 4.45. The minimum absolute atomic E-state index is 0.0462. The lowest BCUT2D eigenvalue weighted by molar-refractivity contribution is 0.149. The number of hydrogen-bond acceptors (Lipinski definition) is 4. The fourth-order valence-electron chi connectivity index (χ4n) is 3.21. The average Bonchev–Trinajstić information content (AvgIpc) is 2.35. The second-order valence-electron chi connectivity index (χ2n) is 5.17. The predicted molar refractivity (Wildman–Crippen MR) is 58.8 cm³/mol. The zero-order valence-electron chi connectivity index (χ0n) is 9.23. The molecule has 0 aromatic rings. The zero-order chi connectivity index (χ0) is 11.1. The van der Waals surface area contributed by atoms with Gasteiger partial charge in [0.2, 0.25) is 0 Å². The Bertz CT molecular complexity index is 299. The summed E-state index contributed by atoms with van der Waals surface area (Å²) in [5.41, 5.74) is 0.762. The molecule has 2 bridgehead atoms. The Labute approximate surface area is 90.6 Å². The van der Waals surface area contributed by atoms with E-state index in [-0.39, 0.29) is 11.1 Å². The van der Waals surface area contributed by atoms with Crippen molar-refractivity contribution in [2.75, 3.05) is 0 Å². The second kappa shape index (κ2) is 3.34. The van der Waals surface area contributed by atoms with Gasteiger partial charge in [-0.05, 0) is 26.7 Å². The Hall–Kier alpha value is -0.835. The number of carbonyl (C=O) groups is 1. The van der Waals surface area contributed by atoms with E-state index in [1.165, 1.54) is 0 Å². The third kappa shape index (κ3) is 1.49. The molecule has 1 radical (unpaired) electrons. The minimum atomic E-state index is -0.0462. The molecule has 5 heteroatoms. The van der Waals surface area contributed by atoms with Gasteiger partial charge in [-0.2, -0.15) is 0 Å². The summed E-state index contributed by atoms with van der Waals surface area (Å²) in [6.45, 7) is 4.26. The minimum Gasteiger partial charge on any atom is -0.411 e. The topological polar surface area (TPSA) is 52.9 Å². The highest BCUT2D eigenvalue weighted by molar-refractivity contribution is 6.64. The van der Waals surface area contributed by atoms with Gasteiger partial charge in [-0.15, -0.1) is 0 Å². The van der Waals surface area contributed by atoms with Crippen molar-refractivity contribution in [3.8, 4) is 0 Å². The van der Waals surface area contributed by atoms with E-state index in [4.69, 9.17) is 5.21 Å². The quantitative estimate of drug-likeness (QED) is 0.318. The van der Waals surface area contributed by atoms with Crippen LogP contribution in [0.5, 0.6) is 0 Å². The summed E-state index contributed by atoms with van der Waals surface area (Å²) in [5, 5.41) is 12.3. The van der Waals surface area contributed by atoms with Crippen LogP contribution in [-0.4, -0.2) is 40.4 Å². The maximum absolute atomic E-state index is 10.7. The summed E-state index contributed by atoms with van der Waals surface area (Å²) in [4.78, 5) is 12.8. The highest BCUT2D eigenvalue weighted by atomic mass is 16.4. The van der Waals surface area contributed by atoms with Gasteiger partial charge in [0.05, 0.1) is 11.9 Å². The molecule has 4 nitrogen and oxygen atoms in total. The Morgan fingerprint density at radius 2 is 1.93 bits per heavy atom. The summed E-state index contributed by atoms with van der Waals surface area (Å²) in [5.74, 6) is 0. The number of fused-ring (bicyclic) bond motifs is 2. The zero-order valence-corrected chi connectivity index (χ0v) is 9.23. The van der Waals surface area contributed by atoms with E-state index in [0.717, 1.165) is 37.6 Å². The first-order valence-corrected chi connectivity index (χ1v) is 5.32. The Morgan fingerprint density at radius 1 is 1.40 bits per heavy atom. The third-order valence-corrected chi connectivity index (χ3v) is 3.89. The number of rotatable bonds is 2. The van der Waals surface area contributed by atoms with Crippen LogP contribution in [0, 0.1) is 0 Å². The van der Waals surface area contributed by atoms with Gasteiger partial charge < -0.3 is 14.8 Å². The predicted octanol–water partition coefficient (Wildman–Crippen LogP) is 1.03. The van der Waals surface area contributed by atoms with Crippen molar-refractivity contribution >= 4 is 19.3 Å². The number of oxime groups is 1. The molecule has 2 aliphatic heterocycles. The maximum atomic E-state index is 10.7. The van der Waals surface area contributed by atoms with Crippen LogP contribution in [0.25, 0.3) is 0 Å². The summed E-state index contributed by atoms with van der Waals surface area (Å²) in [6, 6.07) is 0. The number of hydrogen-bond donors (Lipinski definition) is 1. The molecular weight excluding hydrogens is 191 g/mol. The average molecular weight is 207 g/mol. The lowest BCUT2D eigenvalue weighted by atomic mass is 9.75. The van der Waals surface area contributed by atoms with Crippen LogP contribution in [0.2, 0.25) is 0 Å². The van der Waals surface area contributed by atoms with E-state index in [1.807, 2.05) is 0 Å². The van der Waals surface area contributed by atoms with E-state index in [2.05, 4.69) is 23.8 Å². The van der Waals surface area contributed by atoms with E-state index < -0.39 is 0 Å². The van der Waals surface area contributed by atoms with Gasteiger partial charge in [0, 0.05) is 23.9 Å². The first-order chi connectivity index (χ1) is 7.04. The summed E-state index contributed by atoms with van der Waals surface area (Å²) in [7, 11) is 1.64. The molecule has 81 valence electrons. The van der Waals surface area contributed by atoms with Crippen LogP contribution in [0.1, 0.15) is 39.5 Å². The van der Waals surface area contributed by atoms with Crippen molar-refractivity contribution in [3.63, 3.8) is 0 Å². The lowest BCUT2D eigenvalue weighted by Crippen LogP contribution is -2.58. The van der Waals surface area contributed by atoms with Gasteiger partial charge in [0.1, 0.15) is 0 Å². The molecule has 2 atom stereocenters. The SMILES string of the molecule is C[C@]12CC[C@](C)(CC(=NO)C1)N2[B]C=O. The largest absolute Gasteiger partial charge is 0.411 e. The number of carbonyl (C=O) groups excluding carboxylic acids is 1. The molecule has 0 aromatic carbocycles. The monoisotopic (exact) mass is 207 g/mol. The van der Waals surface area contributed by atoms with Crippen LogP contribution in [-0.2, 0) is 4.79 Å². The Kier molecular flexibility index (Phi) is 2.37. The summed E-state index contributed by atoms with van der Waals surface area (Å²) >= 11 is 0. The standard InChI is InChI=1S/C10H16BN2O2/c1-9-3-4-10(2,13(9)11-7-14)6-8(5-9)12-15/h7,15H,3-6H2,1-2H3/t9-,10+.